The Morgan fingerprint density at radius 2 is 1.95 bits per heavy atom. The standard InChI is InChI=1S/C17H17N3O/c1-11-7-15(14-5-3-4-6-16(14)20-11)17(18)12-8-13(21-2)10-19-9-12/h3-10,17H,18H2,1-2H3. The average molecular weight is 279 g/mol. The second kappa shape index (κ2) is 5.50. The molecule has 0 fully saturated rings. The topological polar surface area (TPSA) is 61.0 Å². The van der Waals surface area contributed by atoms with E-state index in [4.69, 9.17) is 10.5 Å². The van der Waals surface area contributed by atoms with E-state index in [1.807, 2.05) is 43.3 Å². The van der Waals surface area contributed by atoms with Crippen molar-refractivity contribution < 1.29 is 4.74 Å². The summed E-state index contributed by atoms with van der Waals surface area (Å²) in [6.07, 6.45) is 3.45. The zero-order valence-corrected chi connectivity index (χ0v) is 12.1. The Morgan fingerprint density at radius 3 is 2.76 bits per heavy atom. The molecule has 2 heterocycles. The maximum Gasteiger partial charge on any atom is 0.137 e. The zero-order chi connectivity index (χ0) is 14.8. The molecule has 1 unspecified atom stereocenters. The van der Waals surface area contributed by atoms with Crippen LogP contribution >= 0.6 is 0 Å². The third kappa shape index (κ3) is 2.58. The molecule has 0 saturated heterocycles. The number of hydrogen-bond donors (Lipinski definition) is 1. The van der Waals surface area contributed by atoms with Crippen molar-refractivity contribution in [2.45, 2.75) is 13.0 Å². The van der Waals surface area contributed by atoms with E-state index in [9.17, 15) is 0 Å². The lowest BCUT2D eigenvalue weighted by Gasteiger charge is -2.16. The minimum atomic E-state index is -0.265. The molecule has 1 aromatic carbocycles. The Balaban J connectivity index is 2.14. The smallest absolute Gasteiger partial charge is 0.137 e. The number of fused-ring (bicyclic) bond motifs is 1. The molecule has 1 atom stereocenters. The van der Waals surface area contributed by atoms with Crippen LogP contribution in [0.15, 0.2) is 48.8 Å². The van der Waals surface area contributed by atoms with E-state index >= 15 is 0 Å². The number of ether oxygens (including phenoxy) is 1. The molecule has 2 N–H and O–H groups in total. The molecule has 3 rings (SSSR count). The number of aryl methyl sites for hydroxylation is 1. The fraction of sp³-hybridized carbons (Fsp3) is 0.176. The van der Waals surface area contributed by atoms with Crippen molar-refractivity contribution in [2.24, 2.45) is 5.73 Å². The highest BCUT2D eigenvalue weighted by Gasteiger charge is 2.14. The highest BCUT2D eigenvalue weighted by atomic mass is 16.5. The molecule has 0 saturated carbocycles. The number of benzene rings is 1. The quantitative estimate of drug-likeness (QED) is 0.800. The summed E-state index contributed by atoms with van der Waals surface area (Å²) in [6.45, 7) is 1.98. The van der Waals surface area contributed by atoms with Crippen molar-refractivity contribution in [1.82, 2.24) is 9.97 Å². The molecular weight excluding hydrogens is 262 g/mol. The lowest BCUT2D eigenvalue weighted by molar-refractivity contribution is 0.412. The number of nitrogens with zero attached hydrogens (tertiary/aromatic N) is 2. The summed E-state index contributed by atoms with van der Waals surface area (Å²) in [5.74, 6) is 0.707. The number of nitrogens with two attached hydrogens (primary N) is 1. The molecule has 106 valence electrons. The molecule has 0 amide bonds. The van der Waals surface area contributed by atoms with Gasteiger partial charge in [-0.15, -0.1) is 0 Å². The van der Waals surface area contributed by atoms with Crippen molar-refractivity contribution >= 4 is 10.9 Å². The van der Waals surface area contributed by atoms with Gasteiger partial charge in [0.25, 0.3) is 0 Å². The van der Waals surface area contributed by atoms with Gasteiger partial charge in [0, 0.05) is 17.3 Å². The number of rotatable bonds is 3. The summed E-state index contributed by atoms with van der Waals surface area (Å²) in [6, 6.07) is 11.7. The van der Waals surface area contributed by atoms with Crippen LogP contribution in [0.2, 0.25) is 0 Å². The van der Waals surface area contributed by atoms with E-state index in [0.717, 1.165) is 27.7 Å². The molecule has 0 aliphatic heterocycles. The molecule has 0 radical (unpaired) electrons. The third-order valence-electron chi connectivity index (χ3n) is 3.54. The number of aromatic nitrogens is 2. The molecule has 4 nitrogen and oxygen atoms in total. The fourth-order valence-electron chi connectivity index (χ4n) is 2.49. The SMILES string of the molecule is COc1cncc(C(N)c2cc(C)nc3ccccc23)c1. The largest absolute Gasteiger partial charge is 0.495 e. The van der Waals surface area contributed by atoms with Crippen molar-refractivity contribution in [3.63, 3.8) is 0 Å². The predicted octanol–water partition coefficient (Wildman–Crippen LogP) is 2.99. The summed E-state index contributed by atoms with van der Waals surface area (Å²) >= 11 is 0. The monoisotopic (exact) mass is 279 g/mol. The van der Waals surface area contributed by atoms with E-state index in [0.29, 0.717) is 5.75 Å². The molecule has 21 heavy (non-hydrogen) atoms. The predicted molar refractivity (Wildman–Crippen MR) is 83.3 cm³/mol. The first-order valence-corrected chi connectivity index (χ1v) is 6.80. The summed E-state index contributed by atoms with van der Waals surface area (Å²) in [7, 11) is 1.62. The molecule has 4 heteroatoms. The van der Waals surface area contributed by atoms with Gasteiger partial charge < -0.3 is 10.5 Å². The molecule has 2 aromatic heterocycles. The molecule has 3 aromatic rings. The lowest BCUT2D eigenvalue weighted by Crippen LogP contribution is -2.13. The summed E-state index contributed by atoms with van der Waals surface area (Å²) in [5.41, 5.74) is 10.3. The molecule has 0 aliphatic rings. The van der Waals surface area contributed by atoms with Gasteiger partial charge >= 0.3 is 0 Å². The van der Waals surface area contributed by atoms with Gasteiger partial charge in [0.2, 0.25) is 0 Å². The maximum absolute atomic E-state index is 6.45. The van der Waals surface area contributed by atoms with Crippen LogP contribution in [-0.4, -0.2) is 17.1 Å². The van der Waals surface area contributed by atoms with E-state index in [1.54, 1.807) is 19.5 Å². The summed E-state index contributed by atoms with van der Waals surface area (Å²) in [4.78, 5) is 8.73. The number of methoxy groups -OCH3 is 1. The Kier molecular flexibility index (Phi) is 3.54. The van der Waals surface area contributed by atoms with Crippen molar-refractivity contribution in [3.05, 3.63) is 65.6 Å². The molecule has 0 spiro atoms. The van der Waals surface area contributed by atoms with Gasteiger partial charge in [-0.25, -0.2) is 0 Å². The Morgan fingerprint density at radius 1 is 1.14 bits per heavy atom. The van der Waals surface area contributed by atoms with Gasteiger partial charge in [-0.3, -0.25) is 9.97 Å². The van der Waals surface area contributed by atoms with E-state index in [2.05, 4.69) is 9.97 Å². The van der Waals surface area contributed by atoms with Crippen LogP contribution in [-0.2, 0) is 0 Å². The highest BCUT2D eigenvalue weighted by molar-refractivity contribution is 5.83. The minimum Gasteiger partial charge on any atom is -0.495 e. The van der Waals surface area contributed by atoms with Gasteiger partial charge in [-0.05, 0) is 36.2 Å². The van der Waals surface area contributed by atoms with Gasteiger partial charge in [0.05, 0.1) is 24.9 Å². The van der Waals surface area contributed by atoms with Crippen LogP contribution in [0.25, 0.3) is 10.9 Å². The van der Waals surface area contributed by atoms with Crippen molar-refractivity contribution in [3.8, 4) is 5.75 Å². The molecule has 0 bridgehead atoms. The van der Waals surface area contributed by atoms with Crippen LogP contribution in [0, 0.1) is 6.92 Å². The van der Waals surface area contributed by atoms with Gasteiger partial charge in [0.15, 0.2) is 0 Å². The van der Waals surface area contributed by atoms with Crippen LogP contribution in [0.3, 0.4) is 0 Å². The Hall–Kier alpha value is -2.46. The van der Waals surface area contributed by atoms with E-state index < -0.39 is 0 Å². The van der Waals surface area contributed by atoms with Crippen LogP contribution < -0.4 is 10.5 Å². The normalized spacial score (nSPS) is 12.3. The second-order valence-electron chi connectivity index (χ2n) is 5.01. The van der Waals surface area contributed by atoms with Crippen LogP contribution in [0.4, 0.5) is 0 Å². The number of hydrogen-bond acceptors (Lipinski definition) is 4. The number of pyridine rings is 2. The van der Waals surface area contributed by atoms with Crippen LogP contribution in [0.5, 0.6) is 5.75 Å². The maximum atomic E-state index is 6.45. The van der Waals surface area contributed by atoms with E-state index in [-0.39, 0.29) is 6.04 Å². The first-order valence-electron chi connectivity index (χ1n) is 6.80. The van der Waals surface area contributed by atoms with Gasteiger partial charge in [-0.2, -0.15) is 0 Å². The van der Waals surface area contributed by atoms with Crippen molar-refractivity contribution in [1.29, 1.82) is 0 Å². The van der Waals surface area contributed by atoms with Crippen molar-refractivity contribution in [2.75, 3.05) is 7.11 Å². The molecular formula is C17H17N3O. The summed E-state index contributed by atoms with van der Waals surface area (Å²) < 4.78 is 5.22. The third-order valence-corrected chi connectivity index (χ3v) is 3.54. The first kappa shape index (κ1) is 13.5. The zero-order valence-electron chi connectivity index (χ0n) is 12.1. The Labute approximate surface area is 123 Å². The second-order valence-corrected chi connectivity index (χ2v) is 5.01. The van der Waals surface area contributed by atoms with Gasteiger partial charge in [-0.1, -0.05) is 18.2 Å². The highest BCUT2D eigenvalue weighted by Crippen LogP contribution is 2.28. The van der Waals surface area contributed by atoms with Gasteiger partial charge in [0.1, 0.15) is 5.75 Å². The lowest BCUT2D eigenvalue weighted by atomic mass is 9.96. The van der Waals surface area contributed by atoms with E-state index in [1.165, 1.54) is 0 Å². The molecule has 0 aliphatic carbocycles. The average Bonchev–Trinajstić information content (AvgIpc) is 2.53. The number of para-hydroxylation sites is 1. The first-order chi connectivity index (χ1) is 10.2. The minimum absolute atomic E-state index is 0.265. The summed E-state index contributed by atoms with van der Waals surface area (Å²) in [5, 5.41) is 1.07. The fourth-order valence-corrected chi connectivity index (χ4v) is 2.49. The Bertz CT molecular complexity index is 786. The van der Waals surface area contributed by atoms with Crippen LogP contribution in [0.1, 0.15) is 22.9 Å².